The number of halogens is 1. The van der Waals surface area contributed by atoms with Gasteiger partial charge in [0.25, 0.3) is 0 Å². The van der Waals surface area contributed by atoms with Gasteiger partial charge in [-0.2, -0.15) is 0 Å². The quantitative estimate of drug-likeness (QED) is 0.609. The lowest BCUT2D eigenvalue weighted by Crippen LogP contribution is -2.46. The van der Waals surface area contributed by atoms with Gasteiger partial charge < -0.3 is 10.2 Å². The molecule has 6 rings (SSSR count). The van der Waals surface area contributed by atoms with Crippen molar-refractivity contribution in [3.63, 3.8) is 0 Å². The Morgan fingerprint density at radius 2 is 1.50 bits per heavy atom. The molecular formula is C27H20FN3O3. The largest absolute Gasteiger partial charge is 0.357 e. The van der Waals surface area contributed by atoms with Gasteiger partial charge in [0.05, 0.1) is 23.6 Å². The van der Waals surface area contributed by atoms with Crippen LogP contribution in [-0.4, -0.2) is 28.7 Å². The van der Waals surface area contributed by atoms with E-state index < -0.39 is 41.6 Å². The van der Waals surface area contributed by atoms with E-state index in [1.54, 1.807) is 36.5 Å². The fourth-order valence-corrected chi connectivity index (χ4v) is 5.47. The lowest BCUT2D eigenvalue weighted by Gasteiger charge is -2.35. The molecule has 3 aliphatic heterocycles. The molecule has 0 aliphatic carbocycles. The first-order valence-corrected chi connectivity index (χ1v) is 11.1. The predicted octanol–water partition coefficient (Wildman–Crippen LogP) is 3.98. The van der Waals surface area contributed by atoms with Crippen LogP contribution < -0.4 is 10.2 Å². The van der Waals surface area contributed by atoms with Crippen LogP contribution in [0, 0.1) is 17.7 Å². The maximum Gasteiger partial charge on any atom is 0.247 e. The molecule has 0 saturated carbocycles. The van der Waals surface area contributed by atoms with Crippen LogP contribution in [0.4, 0.5) is 15.8 Å². The van der Waals surface area contributed by atoms with Crippen molar-refractivity contribution < 1.29 is 18.8 Å². The maximum atomic E-state index is 14.6. The van der Waals surface area contributed by atoms with Crippen molar-refractivity contribution in [1.82, 2.24) is 4.90 Å². The van der Waals surface area contributed by atoms with Crippen molar-refractivity contribution in [1.29, 1.82) is 0 Å². The number of nitrogens with one attached hydrogen (secondary N) is 1. The highest BCUT2D eigenvalue weighted by Crippen LogP contribution is 2.53. The van der Waals surface area contributed by atoms with E-state index in [1.807, 2.05) is 41.3 Å². The molecule has 3 aliphatic rings. The van der Waals surface area contributed by atoms with E-state index >= 15 is 0 Å². The van der Waals surface area contributed by atoms with Gasteiger partial charge in [0.1, 0.15) is 11.9 Å². The minimum atomic E-state index is -0.948. The molecule has 34 heavy (non-hydrogen) atoms. The number of nitrogens with zero attached hydrogens (tertiary/aromatic N) is 2. The van der Waals surface area contributed by atoms with E-state index in [4.69, 9.17) is 0 Å². The molecule has 0 bridgehead atoms. The number of rotatable bonds is 3. The Hall–Kier alpha value is -4.26. The summed E-state index contributed by atoms with van der Waals surface area (Å²) in [5.41, 5.74) is 2.31. The number of hydrogen-bond donors (Lipinski definition) is 1. The van der Waals surface area contributed by atoms with Crippen molar-refractivity contribution in [2.75, 3.05) is 10.2 Å². The van der Waals surface area contributed by atoms with Gasteiger partial charge in [-0.05, 0) is 41.5 Å². The third-order valence-corrected chi connectivity index (χ3v) is 6.86. The van der Waals surface area contributed by atoms with Crippen LogP contribution >= 0.6 is 0 Å². The van der Waals surface area contributed by atoms with Crippen molar-refractivity contribution in [3.8, 4) is 0 Å². The molecule has 4 atom stereocenters. The molecule has 6 nitrogen and oxygen atoms in total. The van der Waals surface area contributed by atoms with Gasteiger partial charge in [-0.1, -0.05) is 54.6 Å². The van der Waals surface area contributed by atoms with Crippen LogP contribution in [0.3, 0.4) is 0 Å². The second-order valence-electron chi connectivity index (χ2n) is 8.65. The first-order valence-electron chi connectivity index (χ1n) is 11.1. The summed E-state index contributed by atoms with van der Waals surface area (Å²) < 4.78 is 14.6. The molecule has 3 aromatic carbocycles. The van der Waals surface area contributed by atoms with Crippen LogP contribution in [-0.2, 0) is 14.4 Å². The topological polar surface area (TPSA) is 69.7 Å². The van der Waals surface area contributed by atoms with Gasteiger partial charge >= 0.3 is 0 Å². The first kappa shape index (κ1) is 20.4. The fourth-order valence-electron chi connectivity index (χ4n) is 5.47. The van der Waals surface area contributed by atoms with Gasteiger partial charge in [-0.15, -0.1) is 0 Å². The Morgan fingerprint density at radius 3 is 2.29 bits per heavy atom. The lowest BCUT2D eigenvalue weighted by molar-refractivity contribution is -0.128. The molecule has 3 aromatic rings. The van der Waals surface area contributed by atoms with Crippen LogP contribution in [0.5, 0.6) is 0 Å². The molecule has 7 heteroatoms. The van der Waals surface area contributed by atoms with Crippen LogP contribution in [0.1, 0.15) is 17.2 Å². The Kier molecular flexibility index (Phi) is 4.58. The molecule has 0 radical (unpaired) electrons. The summed E-state index contributed by atoms with van der Waals surface area (Å²) in [6.07, 6.45) is 3.67. The van der Waals surface area contributed by atoms with E-state index in [0.29, 0.717) is 5.69 Å². The second kappa shape index (κ2) is 7.66. The molecular weight excluding hydrogens is 433 g/mol. The first-order chi connectivity index (χ1) is 16.6. The van der Waals surface area contributed by atoms with Gasteiger partial charge in [-0.25, -0.2) is 9.29 Å². The zero-order valence-electron chi connectivity index (χ0n) is 18.0. The van der Waals surface area contributed by atoms with Gasteiger partial charge in [0.15, 0.2) is 0 Å². The maximum absolute atomic E-state index is 14.6. The number of imide groups is 1. The average Bonchev–Trinajstić information content (AvgIpc) is 3.33. The minimum Gasteiger partial charge on any atom is -0.357 e. The zero-order chi connectivity index (χ0) is 23.4. The highest BCUT2D eigenvalue weighted by molar-refractivity contribution is 6.24. The van der Waals surface area contributed by atoms with E-state index in [0.717, 1.165) is 16.0 Å². The average molecular weight is 453 g/mol. The number of carbonyl (C=O) groups excluding carboxylic acids is 3. The molecule has 2 fully saturated rings. The highest BCUT2D eigenvalue weighted by Gasteiger charge is 2.64. The molecule has 3 heterocycles. The third-order valence-electron chi connectivity index (χ3n) is 6.86. The summed E-state index contributed by atoms with van der Waals surface area (Å²) in [6.45, 7) is 0. The second-order valence-corrected chi connectivity index (χ2v) is 8.65. The van der Waals surface area contributed by atoms with Gasteiger partial charge in [-0.3, -0.25) is 14.4 Å². The Balaban J connectivity index is 1.46. The Bertz CT molecular complexity index is 1360. The predicted molar refractivity (Wildman–Crippen MR) is 125 cm³/mol. The number of hydrogen-bond acceptors (Lipinski definition) is 4. The van der Waals surface area contributed by atoms with Crippen molar-refractivity contribution in [3.05, 3.63) is 102 Å². The summed E-state index contributed by atoms with van der Waals surface area (Å²) in [5.74, 6) is -3.86. The summed E-state index contributed by atoms with van der Waals surface area (Å²) in [5, 5.41) is 2.88. The normalized spacial score (nSPS) is 24.6. The molecule has 2 saturated heterocycles. The van der Waals surface area contributed by atoms with Crippen molar-refractivity contribution in [2.45, 2.75) is 12.1 Å². The van der Waals surface area contributed by atoms with E-state index in [9.17, 15) is 18.8 Å². The molecule has 0 spiro atoms. The van der Waals surface area contributed by atoms with Crippen LogP contribution in [0.15, 0.2) is 85.1 Å². The minimum absolute atomic E-state index is 0.0831. The smallest absolute Gasteiger partial charge is 0.247 e. The number of fused-ring (bicyclic) bond motifs is 5. The zero-order valence-corrected chi connectivity index (χ0v) is 18.0. The molecule has 1 N–H and O–H groups in total. The summed E-state index contributed by atoms with van der Waals surface area (Å²) >= 11 is 0. The van der Waals surface area contributed by atoms with E-state index in [2.05, 4.69) is 5.32 Å². The summed E-state index contributed by atoms with van der Waals surface area (Å²) in [4.78, 5) is 43.7. The Morgan fingerprint density at radius 1 is 0.824 bits per heavy atom. The summed E-state index contributed by atoms with van der Waals surface area (Å²) in [6, 6.07) is 20.9. The number of carbonyl (C=O) groups is 3. The standard InChI is InChI=1S/C27H20FN3O3/c28-19-12-6-7-13-20(19)31-26(33)21-22(27(31)34)24(25(32)29-17-9-2-1-3-10-17)30-15-14-16-8-4-5-11-18(16)23(21)30/h1-15,21-24H,(H,29,32)/t21-,22+,23+,24-/m0/s1. The third kappa shape index (κ3) is 2.90. The summed E-state index contributed by atoms with van der Waals surface area (Å²) in [7, 11) is 0. The Labute approximate surface area is 195 Å². The molecule has 3 amide bonds. The van der Waals surface area contributed by atoms with Crippen LogP contribution in [0.2, 0.25) is 0 Å². The van der Waals surface area contributed by atoms with Crippen molar-refractivity contribution >= 4 is 35.2 Å². The van der Waals surface area contributed by atoms with Crippen molar-refractivity contribution in [2.24, 2.45) is 11.8 Å². The number of para-hydroxylation sites is 2. The molecule has 0 unspecified atom stereocenters. The number of amides is 3. The molecule has 168 valence electrons. The fraction of sp³-hybridized carbons (Fsp3) is 0.148. The van der Waals surface area contributed by atoms with E-state index in [-0.39, 0.29) is 11.6 Å². The highest BCUT2D eigenvalue weighted by atomic mass is 19.1. The number of anilines is 2. The monoisotopic (exact) mass is 453 g/mol. The lowest BCUT2D eigenvalue weighted by atomic mass is 9.84. The van der Waals surface area contributed by atoms with Gasteiger partial charge in [0.2, 0.25) is 17.7 Å². The molecule has 0 aromatic heterocycles. The number of benzene rings is 3. The van der Waals surface area contributed by atoms with Crippen LogP contribution in [0.25, 0.3) is 6.08 Å². The van der Waals surface area contributed by atoms with E-state index in [1.165, 1.54) is 18.2 Å². The van der Waals surface area contributed by atoms with Gasteiger partial charge in [0, 0.05) is 11.9 Å². The SMILES string of the molecule is O=C(Nc1ccccc1)[C@@H]1[C@@H]2C(=O)N(c3ccccc3F)C(=O)[C@@H]2[C@H]2c3ccccc3C=CN12.